The van der Waals surface area contributed by atoms with Crippen molar-refractivity contribution < 1.29 is 9.59 Å². The Morgan fingerprint density at radius 3 is 2.15 bits per heavy atom. The van der Waals surface area contributed by atoms with Crippen LogP contribution in [-0.4, -0.2) is 17.7 Å². The van der Waals surface area contributed by atoms with E-state index in [0.717, 1.165) is 5.92 Å². The van der Waals surface area contributed by atoms with Crippen LogP contribution in [0.15, 0.2) is 0 Å². The monoisotopic (exact) mass is 279 g/mol. The summed E-state index contributed by atoms with van der Waals surface area (Å²) >= 11 is 0. The highest BCUT2D eigenvalue weighted by molar-refractivity contribution is 5.90. The van der Waals surface area contributed by atoms with E-state index in [9.17, 15) is 9.59 Å². The number of ketones is 1. The van der Waals surface area contributed by atoms with Gasteiger partial charge >= 0.3 is 0 Å². The molecule has 0 radical (unpaired) electrons. The van der Waals surface area contributed by atoms with Gasteiger partial charge in [0.1, 0.15) is 0 Å². The SMILES string of the molecule is CC(=O)C(NC(=O)C1C(C)C1C1CCCC1)C(C)(C)C. The number of carbonyl (C=O) groups excluding carboxylic acids is 2. The molecule has 3 heteroatoms. The third-order valence-electron chi connectivity index (χ3n) is 5.25. The van der Waals surface area contributed by atoms with E-state index in [4.69, 9.17) is 0 Å². The summed E-state index contributed by atoms with van der Waals surface area (Å²) in [6, 6.07) is -0.368. The van der Waals surface area contributed by atoms with Crippen molar-refractivity contribution in [1.29, 1.82) is 0 Å². The lowest BCUT2D eigenvalue weighted by molar-refractivity contribution is -0.130. The maximum Gasteiger partial charge on any atom is 0.224 e. The van der Waals surface area contributed by atoms with Crippen LogP contribution in [0.1, 0.15) is 60.3 Å². The molecule has 1 N–H and O–H groups in total. The second-order valence-corrected chi connectivity index (χ2v) is 7.93. The van der Waals surface area contributed by atoms with Crippen molar-refractivity contribution in [3.8, 4) is 0 Å². The minimum atomic E-state index is -0.368. The molecule has 4 unspecified atom stereocenters. The lowest BCUT2D eigenvalue weighted by Crippen LogP contribution is -2.49. The first-order chi connectivity index (χ1) is 9.23. The predicted octanol–water partition coefficient (Wildman–Crippen LogP) is 3.18. The summed E-state index contributed by atoms with van der Waals surface area (Å²) in [5.74, 6) is 2.09. The third-order valence-corrected chi connectivity index (χ3v) is 5.25. The maximum absolute atomic E-state index is 12.5. The summed E-state index contributed by atoms with van der Waals surface area (Å²) in [6.07, 6.45) is 5.21. The Bertz CT molecular complexity index is 390. The molecule has 0 saturated heterocycles. The van der Waals surface area contributed by atoms with Gasteiger partial charge in [0.2, 0.25) is 5.91 Å². The molecule has 4 atom stereocenters. The molecule has 2 saturated carbocycles. The molecule has 114 valence electrons. The average Bonchev–Trinajstić information content (AvgIpc) is 2.76. The zero-order valence-electron chi connectivity index (χ0n) is 13.5. The van der Waals surface area contributed by atoms with Gasteiger partial charge < -0.3 is 5.32 Å². The second-order valence-electron chi connectivity index (χ2n) is 7.93. The van der Waals surface area contributed by atoms with Gasteiger partial charge in [0.25, 0.3) is 0 Å². The Morgan fingerprint density at radius 1 is 1.15 bits per heavy atom. The topological polar surface area (TPSA) is 46.2 Å². The van der Waals surface area contributed by atoms with Crippen molar-refractivity contribution in [2.75, 3.05) is 0 Å². The van der Waals surface area contributed by atoms with Crippen LogP contribution >= 0.6 is 0 Å². The van der Waals surface area contributed by atoms with Crippen LogP contribution in [0.25, 0.3) is 0 Å². The third kappa shape index (κ3) is 3.07. The Balaban J connectivity index is 1.96. The van der Waals surface area contributed by atoms with Gasteiger partial charge in [-0.1, -0.05) is 53.4 Å². The fourth-order valence-electron chi connectivity index (χ4n) is 4.14. The van der Waals surface area contributed by atoms with E-state index < -0.39 is 0 Å². The van der Waals surface area contributed by atoms with Gasteiger partial charge in [-0.2, -0.15) is 0 Å². The highest BCUT2D eigenvalue weighted by Gasteiger charge is 2.55. The predicted molar refractivity (Wildman–Crippen MR) is 80.2 cm³/mol. The first kappa shape index (κ1) is 15.5. The van der Waals surface area contributed by atoms with E-state index in [1.165, 1.54) is 25.7 Å². The van der Waals surface area contributed by atoms with Gasteiger partial charge in [-0.15, -0.1) is 0 Å². The van der Waals surface area contributed by atoms with E-state index >= 15 is 0 Å². The van der Waals surface area contributed by atoms with Crippen molar-refractivity contribution in [1.82, 2.24) is 5.32 Å². The van der Waals surface area contributed by atoms with Crippen molar-refractivity contribution in [2.24, 2.45) is 29.1 Å². The second kappa shape index (κ2) is 5.50. The van der Waals surface area contributed by atoms with Crippen LogP contribution in [0, 0.1) is 29.1 Å². The number of Topliss-reactive ketones (excluding diaryl/α,β-unsaturated/α-hetero) is 1. The van der Waals surface area contributed by atoms with E-state index in [-0.39, 0.29) is 29.1 Å². The molecule has 20 heavy (non-hydrogen) atoms. The molecule has 2 rings (SSSR count). The van der Waals surface area contributed by atoms with Crippen LogP contribution < -0.4 is 5.32 Å². The van der Waals surface area contributed by atoms with Crippen LogP contribution in [0.4, 0.5) is 0 Å². The van der Waals surface area contributed by atoms with E-state index in [1.807, 2.05) is 20.8 Å². The molecule has 2 fully saturated rings. The first-order valence-electron chi connectivity index (χ1n) is 8.04. The number of amides is 1. The smallest absolute Gasteiger partial charge is 0.224 e. The largest absolute Gasteiger partial charge is 0.346 e. The quantitative estimate of drug-likeness (QED) is 0.859. The number of hydrogen-bond donors (Lipinski definition) is 1. The summed E-state index contributed by atoms with van der Waals surface area (Å²) in [4.78, 5) is 24.3. The van der Waals surface area contributed by atoms with Gasteiger partial charge in [-0.25, -0.2) is 0 Å². The highest BCUT2D eigenvalue weighted by atomic mass is 16.2. The molecule has 3 nitrogen and oxygen atoms in total. The van der Waals surface area contributed by atoms with Crippen molar-refractivity contribution >= 4 is 11.7 Å². The molecule has 2 aliphatic carbocycles. The molecule has 0 heterocycles. The van der Waals surface area contributed by atoms with Gasteiger partial charge in [0, 0.05) is 5.92 Å². The number of carbonyl (C=O) groups is 2. The minimum Gasteiger partial charge on any atom is -0.346 e. The molecule has 0 aromatic rings. The number of nitrogens with one attached hydrogen (secondary N) is 1. The first-order valence-corrected chi connectivity index (χ1v) is 8.04. The van der Waals surface area contributed by atoms with Crippen LogP contribution in [0.2, 0.25) is 0 Å². The molecule has 1 amide bonds. The van der Waals surface area contributed by atoms with E-state index in [1.54, 1.807) is 6.92 Å². The lowest BCUT2D eigenvalue weighted by atomic mass is 9.84. The Kier molecular flexibility index (Phi) is 4.27. The van der Waals surface area contributed by atoms with Gasteiger partial charge in [0.15, 0.2) is 5.78 Å². The van der Waals surface area contributed by atoms with Crippen molar-refractivity contribution in [2.45, 2.75) is 66.3 Å². The van der Waals surface area contributed by atoms with Crippen LogP contribution in [0.3, 0.4) is 0 Å². The molecule has 0 aromatic heterocycles. The van der Waals surface area contributed by atoms with Gasteiger partial charge in [0.05, 0.1) is 6.04 Å². The standard InChI is InChI=1S/C17H29NO2/c1-10-13(12-8-6-7-9-12)14(10)16(20)18-15(11(2)19)17(3,4)5/h10,12-15H,6-9H2,1-5H3,(H,18,20). The minimum absolute atomic E-state index is 0.0524. The molecule has 2 aliphatic rings. The molecular weight excluding hydrogens is 250 g/mol. The molecule has 0 aromatic carbocycles. The Hall–Kier alpha value is -0.860. The molecular formula is C17H29NO2. The van der Waals surface area contributed by atoms with Crippen LogP contribution in [0.5, 0.6) is 0 Å². The maximum atomic E-state index is 12.5. The summed E-state index contributed by atoms with van der Waals surface area (Å²) in [6.45, 7) is 9.77. The Labute approximate surface area is 122 Å². The fraction of sp³-hybridized carbons (Fsp3) is 0.882. The van der Waals surface area contributed by atoms with Gasteiger partial charge in [-0.05, 0) is 30.1 Å². The van der Waals surface area contributed by atoms with Crippen molar-refractivity contribution in [3.63, 3.8) is 0 Å². The number of hydrogen-bond acceptors (Lipinski definition) is 2. The summed E-state index contributed by atoms with van der Waals surface area (Å²) < 4.78 is 0. The molecule has 0 aliphatic heterocycles. The lowest BCUT2D eigenvalue weighted by Gasteiger charge is -2.29. The zero-order valence-corrected chi connectivity index (χ0v) is 13.5. The van der Waals surface area contributed by atoms with E-state index in [0.29, 0.717) is 11.8 Å². The van der Waals surface area contributed by atoms with E-state index in [2.05, 4.69) is 12.2 Å². The molecule has 0 spiro atoms. The molecule has 0 bridgehead atoms. The fourth-order valence-corrected chi connectivity index (χ4v) is 4.14. The summed E-state index contributed by atoms with van der Waals surface area (Å²) in [7, 11) is 0. The summed E-state index contributed by atoms with van der Waals surface area (Å²) in [5.41, 5.74) is -0.220. The Morgan fingerprint density at radius 2 is 1.70 bits per heavy atom. The average molecular weight is 279 g/mol. The zero-order chi connectivity index (χ0) is 15.1. The van der Waals surface area contributed by atoms with Gasteiger partial charge in [-0.3, -0.25) is 9.59 Å². The van der Waals surface area contributed by atoms with Crippen molar-refractivity contribution in [3.05, 3.63) is 0 Å². The normalized spacial score (nSPS) is 31.9. The highest BCUT2D eigenvalue weighted by Crippen LogP contribution is 2.55. The summed E-state index contributed by atoms with van der Waals surface area (Å²) in [5, 5.41) is 3.01. The number of rotatable bonds is 4. The van der Waals surface area contributed by atoms with Crippen LogP contribution in [-0.2, 0) is 9.59 Å².